The fourth-order valence-electron chi connectivity index (χ4n) is 4.49. The maximum Gasteiger partial charge on any atom is 0.265 e. The highest BCUT2D eigenvalue weighted by atomic mass is 35.5. The Morgan fingerprint density at radius 1 is 1.14 bits per heavy atom. The summed E-state index contributed by atoms with van der Waals surface area (Å²) < 4.78 is 12.0. The van der Waals surface area contributed by atoms with E-state index in [9.17, 15) is 4.79 Å². The molecule has 3 heterocycles. The van der Waals surface area contributed by atoms with Crippen LogP contribution in [0.15, 0.2) is 40.9 Å². The number of amides is 1. The van der Waals surface area contributed by atoms with Crippen LogP contribution in [0.25, 0.3) is 21.5 Å². The summed E-state index contributed by atoms with van der Waals surface area (Å²) in [4.78, 5) is 23.2. The standard InChI is InChI=1S/C27H29ClN4O3S/c1-17-9-10-22-24(18(17)2)29-27(36-22)32(12-6-11-31-13-15-34-16-14-31)26(33)23-19(3)35-30-25(23)20-7-4-5-8-21(20)28/h4-5,7-10H,6,11-16H2,1-3H3. The predicted molar refractivity (Wildman–Crippen MR) is 144 cm³/mol. The molecule has 1 fully saturated rings. The SMILES string of the molecule is Cc1ccc2sc(N(CCCN3CCOCC3)C(=O)c3c(-c4ccccc4Cl)noc3C)nc2c1C. The van der Waals surface area contributed by atoms with Crippen molar-refractivity contribution in [2.75, 3.05) is 44.3 Å². The van der Waals surface area contributed by atoms with E-state index < -0.39 is 0 Å². The smallest absolute Gasteiger partial charge is 0.265 e. The Hall–Kier alpha value is -2.78. The lowest BCUT2D eigenvalue weighted by molar-refractivity contribution is 0.0376. The predicted octanol–water partition coefficient (Wildman–Crippen LogP) is 5.90. The van der Waals surface area contributed by atoms with Crippen molar-refractivity contribution in [2.24, 2.45) is 0 Å². The Morgan fingerprint density at radius 2 is 1.92 bits per heavy atom. The van der Waals surface area contributed by atoms with E-state index in [1.165, 1.54) is 16.9 Å². The third-order valence-electron chi connectivity index (χ3n) is 6.71. The number of hydrogen-bond donors (Lipinski definition) is 0. The fourth-order valence-corrected chi connectivity index (χ4v) is 5.76. The zero-order chi connectivity index (χ0) is 25.2. The van der Waals surface area contributed by atoms with Gasteiger partial charge in [-0.3, -0.25) is 14.6 Å². The van der Waals surface area contributed by atoms with E-state index in [4.69, 9.17) is 25.8 Å². The number of carbonyl (C=O) groups is 1. The number of aromatic nitrogens is 2. The molecule has 1 saturated heterocycles. The van der Waals surface area contributed by atoms with Crippen molar-refractivity contribution >= 4 is 44.2 Å². The zero-order valence-electron chi connectivity index (χ0n) is 20.7. The van der Waals surface area contributed by atoms with E-state index in [1.807, 2.05) is 18.2 Å². The lowest BCUT2D eigenvalue weighted by atomic mass is 10.0. The van der Waals surface area contributed by atoms with Gasteiger partial charge >= 0.3 is 0 Å². The molecule has 0 unspecified atom stereocenters. The molecular weight excluding hydrogens is 496 g/mol. The second-order valence-electron chi connectivity index (χ2n) is 9.06. The normalized spacial score (nSPS) is 14.4. The molecule has 1 aliphatic heterocycles. The molecule has 1 amide bonds. The summed E-state index contributed by atoms with van der Waals surface area (Å²) in [6.07, 6.45) is 0.811. The maximum atomic E-state index is 14.2. The van der Waals surface area contributed by atoms with E-state index in [0.29, 0.717) is 39.3 Å². The van der Waals surface area contributed by atoms with Gasteiger partial charge in [-0.15, -0.1) is 0 Å². The minimum atomic E-state index is -0.181. The lowest BCUT2D eigenvalue weighted by Gasteiger charge is -2.27. The largest absolute Gasteiger partial charge is 0.379 e. The highest BCUT2D eigenvalue weighted by Crippen LogP contribution is 2.36. The molecule has 2 aromatic heterocycles. The van der Waals surface area contributed by atoms with Crippen molar-refractivity contribution in [3.05, 3.63) is 63.9 Å². The Bertz CT molecular complexity index is 1390. The summed E-state index contributed by atoms with van der Waals surface area (Å²) in [6, 6.07) is 11.5. The van der Waals surface area contributed by atoms with Gasteiger partial charge < -0.3 is 9.26 Å². The highest BCUT2D eigenvalue weighted by Gasteiger charge is 2.30. The molecule has 0 atom stereocenters. The van der Waals surface area contributed by atoms with Crippen molar-refractivity contribution in [3.63, 3.8) is 0 Å². The minimum Gasteiger partial charge on any atom is -0.379 e. The number of ether oxygens (including phenoxy) is 1. The summed E-state index contributed by atoms with van der Waals surface area (Å²) >= 11 is 8.00. The second-order valence-corrected chi connectivity index (χ2v) is 10.5. The minimum absolute atomic E-state index is 0.181. The summed E-state index contributed by atoms with van der Waals surface area (Å²) in [5.74, 6) is 0.278. The van der Waals surface area contributed by atoms with E-state index in [2.05, 4.69) is 36.0 Å². The first kappa shape index (κ1) is 24.9. The molecule has 0 radical (unpaired) electrons. The first-order chi connectivity index (χ1) is 17.4. The van der Waals surface area contributed by atoms with Gasteiger partial charge in [0, 0.05) is 31.7 Å². The summed E-state index contributed by atoms with van der Waals surface area (Å²) in [5, 5.41) is 5.42. The highest BCUT2D eigenvalue weighted by molar-refractivity contribution is 7.22. The van der Waals surface area contributed by atoms with Crippen LogP contribution in [0, 0.1) is 20.8 Å². The van der Waals surface area contributed by atoms with Crippen molar-refractivity contribution in [3.8, 4) is 11.3 Å². The molecule has 2 aromatic carbocycles. The monoisotopic (exact) mass is 524 g/mol. The Balaban J connectivity index is 1.51. The average molecular weight is 525 g/mol. The molecule has 9 heteroatoms. The molecular formula is C27H29ClN4O3S. The number of aryl methyl sites for hydroxylation is 3. The summed E-state index contributed by atoms with van der Waals surface area (Å²) in [5.41, 5.74) is 4.79. The van der Waals surface area contributed by atoms with Gasteiger partial charge in [0.2, 0.25) is 0 Å². The molecule has 1 aliphatic rings. The van der Waals surface area contributed by atoms with Crippen LogP contribution >= 0.6 is 22.9 Å². The number of fused-ring (bicyclic) bond motifs is 1. The Labute approximate surface area is 219 Å². The van der Waals surface area contributed by atoms with Crippen molar-refractivity contribution in [2.45, 2.75) is 27.2 Å². The van der Waals surface area contributed by atoms with Crippen molar-refractivity contribution < 1.29 is 14.1 Å². The Morgan fingerprint density at radius 3 is 2.69 bits per heavy atom. The molecule has 188 valence electrons. The number of thiazole rings is 1. The van der Waals surface area contributed by atoms with Crippen LogP contribution in [0.3, 0.4) is 0 Å². The number of morpholine rings is 1. The van der Waals surface area contributed by atoms with E-state index in [1.54, 1.807) is 17.9 Å². The van der Waals surface area contributed by atoms with E-state index >= 15 is 0 Å². The number of benzene rings is 2. The topological polar surface area (TPSA) is 71.7 Å². The second kappa shape index (κ2) is 10.7. The number of halogens is 1. The van der Waals surface area contributed by atoms with Gasteiger partial charge in [0.05, 0.1) is 28.5 Å². The number of rotatable bonds is 7. The molecule has 0 bridgehead atoms. The van der Waals surface area contributed by atoms with Crippen LogP contribution in [-0.4, -0.2) is 60.3 Å². The molecule has 0 spiro atoms. The quantitative estimate of drug-likeness (QED) is 0.300. The van der Waals surface area contributed by atoms with Crippen molar-refractivity contribution in [1.29, 1.82) is 0 Å². The molecule has 36 heavy (non-hydrogen) atoms. The average Bonchev–Trinajstić information content (AvgIpc) is 3.49. The molecule has 0 aliphatic carbocycles. The van der Waals surface area contributed by atoms with Gasteiger partial charge in [-0.25, -0.2) is 4.98 Å². The number of anilines is 1. The third-order valence-corrected chi connectivity index (χ3v) is 8.09. The number of hydrogen-bond acceptors (Lipinski definition) is 7. The first-order valence-corrected chi connectivity index (χ1v) is 13.3. The summed E-state index contributed by atoms with van der Waals surface area (Å²) in [6.45, 7) is 10.7. The van der Waals surface area contributed by atoms with Crippen LogP contribution in [0.2, 0.25) is 5.02 Å². The van der Waals surface area contributed by atoms with E-state index in [0.717, 1.165) is 55.0 Å². The molecule has 0 N–H and O–H groups in total. The van der Waals surface area contributed by atoms with Gasteiger partial charge in [-0.2, -0.15) is 0 Å². The third kappa shape index (κ3) is 4.91. The van der Waals surface area contributed by atoms with Gasteiger partial charge in [-0.05, 0) is 50.5 Å². The molecule has 5 rings (SSSR count). The fraction of sp³-hybridized carbons (Fsp3) is 0.370. The van der Waals surface area contributed by atoms with Crippen LogP contribution in [0.1, 0.15) is 33.7 Å². The van der Waals surface area contributed by atoms with Gasteiger partial charge in [-0.1, -0.05) is 52.4 Å². The number of nitrogens with zero attached hydrogens (tertiary/aromatic N) is 4. The van der Waals surface area contributed by atoms with Gasteiger partial charge in [0.15, 0.2) is 5.13 Å². The molecule has 7 nitrogen and oxygen atoms in total. The van der Waals surface area contributed by atoms with Gasteiger partial charge in [0.1, 0.15) is 17.0 Å². The molecule has 0 saturated carbocycles. The zero-order valence-corrected chi connectivity index (χ0v) is 22.3. The van der Waals surface area contributed by atoms with Crippen LogP contribution in [-0.2, 0) is 4.74 Å². The Kier molecular flexibility index (Phi) is 7.39. The summed E-state index contributed by atoms with van der Waals surface area (Å²) in [7, 11) is 0. The number of carbonyl (C=O) groups excluding carboxylic acids is 1. The van der Waals surface area contributed by atoms with Crippen LogP contribution < -0.4 is 4.90 Å². The van der Waals surface area contributed by atoms with Crippen LogP contribution in [0.5, 0.6) is 0 Å². The van der Waals surface area contributed by atoms with Crippen molar-refractivity contribution in [1.82, 2.24) is 15.0 Å². The van der Waals surface area contributed by atoms with Gasteiger partial charge in [0.25, 0.3) is 5.91 Å². The first-order valence-electron chi connectivity index (χ1n) is 12.1. The van der Waals surface area contributed by atoms with E-state index in [-0.39, 0.29) is 5.91 Å². The lowest BCUT2D eigenvalue weighted by Crippen LogP contribution is -2.39. The van der Waals surface area contributed by atoms with Crippen LogP contribution in [0.4, 0.5) is 5.13 Å². The maximum absolute atomic E-state index is 14.2. The molecule has 4 aromatic rings.